The summed E-state index contributed by atoms with van der Waals surface area (Å²) in [5, 5.41) is 21.6. The van der Waals surface area contributed by atoms with Gasteiger partial charge in [0.15, 0.2) is 0 Å². The second-order valence-corrected chi connectivity index (χ2v) is 6.20. The van der Waals surface area contributed by atoms with Gasteiger partial charge in [-0.1, -0.05) is 29.4 Å². The van der Waals surface area contributed by atoms with Crippen LogP contribution in [0.2, 0.25) is 0 Å². The summed E-state index contributed by atoms with van der Waals surface area (Å²) in [5.74, 6) is -0.191. The lowest BCUT2D eigenvalue weighted by Crippen LogP contribution is -2.20. The molecule has 138 valence electrons. The number of nitrogen functional groups attached to an aromatic ring is 2. The van der Waals surface area contributed by atoms with Gasteiger partial charge < -0.3 is 21.6 Å². The lowest BCUT2D eigenvalue weighted by molar-refractivity contribution is -0.118. The highest BCUT2D eigenvalue weighted by Crippen LogP contribution is 2.20. The Morgan fingerprint density at radius 2 is 1.59 bits per heavy atom. The molecule has 1 aliphatic rings. The van der Waals surface area contributed by atoms with Gasteiger partial charge in [-0.05, 0) is 29.8 Å². The molecule has 0 aliphatic carbocycles. The molecule has 8 nitrogen and oxygen atoms in total. The number of nitrogens with zero attached hydrogens (tertiary/aromatic N) is 1. The fourth-order valence-electron chi connectivity index (χ4n) is 2.70. The molecule has 0 bridgehead atoms. The monoisotopic (exact) mass is 364 g/mol. The van der Waals surface area contributed by atoms with Gasteiger partial charge in [0.1, 0.15) is 17.8 Å². The van der Waals surface area contributed by atoms with Crippen LogP contribution in [0.4, 0.5) is 5.69 Å². The van der Waals surface area contributed by atoms with E-state index in [4.69, 9.17) is 27.1 Å². The quantitative estimate of drug-likeness (QED) is 0.392. The van der Waals surface area contributed by atoms with Gasteiger partial charge in [0.2, 0.25) is 5.91 Å². The fraction of sp³-hybridized carbons (Fsp3) is 0.158. The van der Waals surface area contributed by atoms with Crippen molar-refractivity contribution >= 4 is 29.0 Å². The Balaban J connectivity index is 1.53. The molecule has 1 atom stereocenters. The summed E-state index contributed by atoms with van der Waals surface area (Å²) in [6.45, 7) is 0. The molecule has 0 saturated carbocycles. The predicted molar refractivity (Wildman–Crippen MR) is 104 cm³/mol. The van der Waals surface area contributed by atoms with E-state index in [1.54, 1.807) is 36.4 Å². The highest BCUT2D eigenvalue weighted by Gasteiger charge is 2.24. The first-order valence-electron chi connectivity index (χ1n) is 8.34. The molecule has 1 heterocycles. The average Bonchev–Trinajstić information content (AvgIpc) is 3.10. The second-order valence-electron chi connectivity index (χ2n) is 6.20. The second kappa shape index (κ2) is 7.69. The van der Waals surface area contributed by atoms with Crippen LogP contribution in [0.5, 0.6) is 0 Å². The number of rotatable bonds is 6. The highest BCUT2D eigenvalue weighted by atomic mass is 16.6. The molecule has 1 unspecified atom stereocenters. The highest BCUT2D eigenvalue weighted by molar-refractivity contribution is 6.03. The first kappa shape index (κ1) is 18.1. The molecule has 0 saturated heterocycles. The van der Waals surface area contributed by atoms with Crippen LogP contribution in [0.25, 0.3) is 0 Å². The summed E-state index contributed by atoms with van der Waals surface area (Å²) in [5.41, 5.74) is 14.4. The zero-order valence-corrected chi connectivity index (χ0v) is 14.5. The van der Waals surface area contributed by atoms with Crippen LogP contribution < -0.4 is 16.8 Å². The number of hydrogen-bond acceptors (Lipinski definition) is 5. The minimum Gasteiger partial charge on any atom is -0.391 e. The van der Waals surface area contributed by atoms with Crippen molar-refractivity contribution in [2.75, 3.05) is 5.32 Å². The minimum absolute atomic E-state index is 0.0112. The van der Waals surface area contributed by atoms with Crippen molar-refractivity contribution in [3.63, 3.8) is 0 Å². The maximum atomic E-state index is 12.2. The number of carbonyl (C=O) groups is 1. The maximum absolute atomic E-state index is 12.2. The van der Waals surface area contributed by atoms with Gasteiger partial charge in [-0.2, -0.15) is 0 Å². The van der Waals surface area contributed by atoms with Crippen molar-refractivity contribution in [1.29, 1.82) is 10.8 Å². The van der Waals surface area contributed by atoms with Crippen molar-refractivity contribution in [3.8, 4) is 0 Å². The molecule has 0 spiro atoms. The number of carbonyl (C=O) groups excluding carboxylic acids is 1. The molecule has 27 heavy (non-hydrogen) atoms. The number of amidine groups is 2. The van der Waals surface area contributed by atoms with Crippen LogP contribution >= 0.6 is 0 Å². The van der Waals surface area contributed by atoms with Crippen LogP contribution in [-0.2, 0) is 9.63 Å². The number of nitrogens with one attached hydrogen (secondary N) is 3. The SMILES string of the molecule is N=C(N)c1ccc(NC(=O)CC2CC(c3ccc(C(=N)N)cc3)=NO2)cc1. The first-order chi connectivity index (χ1) is 12.9. The number of anilines is 1. The Hall–Kier alpha value is -3.68. The van der Waals surface area contributed by atoms with Crippen molar-refractivity contribution in [2.45, 2.75) is 18.9 Å². The zero-order valence-electron chi connectivity index (χ0n) is 14.5. The topological polar surface area (TPSA) is 150 Å². The number of nitrogens with two attached hydrogens (primary N) is 2. The third-order valence-corrected chi connectivity index (χ3v) is 4.15. The standard InChI is InChI=1S/C19H20N6O2/c20-18(21)12-3-1-11(2-4-12)16-9-15(27-25-16)10-17(26)24-14-7-5-13(6-8-14)19(22)23/h1-8,15H,9-10H2,(H3,20,21)(H3,22,23)(H,24,26). The Kier molecular flexibility index (Phi) is 5.16. The summed E-state index contributed by atoms with van der Waals surface area (Å²) in [6, 6.07) is 13.9. The van der Waals surface area contributed by atoms with Gasteiger partial charge in [-0.15, -0.1) is 0 Å². The molecule has 0 fully saturated rings. The number of hydrogen-bond donors (Lipinski definition) is 5. The summed E-state index contributed by atoms with van der Waals surface area (Å²) >= 11 is 0. The Bertz CT molecular complexity index is 903. The normalized spacial score (nSPS) is 15.6. The smallest absolute Gasteiger partial charge is 0.228 e. The van der Waals surface area contributed by atoms with E-state index in [0.29, 0.717) is 23.2 Å². The molecule has 3 rings (SSSR count). The first-order valence-corrected chi connectivity index (χ1v) is 8.34. The van der Waals surface area contributed by atoms with Gasteiger partial charge >= 0.3 is 0 Å². The molecule has 1 aliphatic heterocycles. The molecule has 0 aromatic heterocycles. The van der Waals surface area contributed by atoms with E-state index in [1.807, 2.05) is 12.1 Å². The number of amides is 1. The summed E-state index contributed by atoms with van der Waals surface area (Å²) in [7, 11) is 0. The van der Waals surface area contributed by atoms with Crippen LogP contribution in [0, 0.1) is 10.8 Å². The Labute approximate surface area is 156 Å². The van der Waals surface area contributed by atoms with Gasteiger partial charge in [-0.25, -0.2) is 0 Å². The molecular formula is C19H20N6O2. The molecular weight excluding hydrogens is 344 g/mol. The summed E-state index contributed by atoms with van der Waals surface area (Å²) in [4.78, 5) is 17.6. The number of oxime groups is 1. The predicted octanol–water partition coefficient (Wildman–Crippen LogP) is 1.78. The van der Waals surface area contributed by atoms with Gasteiger partial charge in [0.05, 0.1) is 12.1 Å². The summed E-state index contributed by atoms with van der Waals surface area (Å²) < 4.78 is 0. The van der Waals surface area contributed by atoms with E-state index >= 15 is 0 Å². The fourth-order valence-corrected chi connectivity index (χ4v) is 2.70. The van der Waals surface area contributed by atoms with Crippen LogP contribution in [0.3, 0.4) is 0 Å². The van der Waals surface area contributed by atoms with E-state index in [2.05, 4.69) is 10.5 Å². The number of benzene rings is 2. The van der Waals surface area contributed by atoms with Gasteiger partial charge in [0.25, 0.3) is 0 Å². The van der Waals surface area contributed by atoms with E-state index < -0.39 is 0 Å². The van der Waals surface area contributed by atoms with Crippen LogP contribution in [-0.4, -0.2) is 29.4 Å². The third kappa shape index (κ3) is 4.49. The minimum atomic E-state index is -0.330. The van der Waals surface area contributed by atoms with E-state index in [-0.39, 0.29) is 30.1 Å². The lowest BCUT2D eigenvalue weighted by atomic mass is 10.0. The molecule has 8 heteroatoms. The molecule has 2 aromatic carbocycles. The zero-order chi connectivity index (χ0) is 19.4. The lowest BCUT2D eigenvalue weighted by Gasteiger charge is -2.09. The molecule has 7 N–H and O–H groups in total. The third-order valence-electron chi connectivity index (χ3n) is 4.15. The van der Waals surface area contributed by atoms with E-state index in [9.17, 15) is 4.79 Å². The van der Waals surface area contributed by atoms with Crippen molar-refractivity contribution in [2.24, 2.45) is 16.6 Å². The van der Waals surface area contributed by atoms with Crippen molar-refractivity contribution in [1.82, 2.24) is 0 Å². The van der Waals surface area contributed by atoms with Crippen LogP contribution in [0.1, 0.15) is 29.5 Å². The van der Waals surface area contributed by atoms with Crippen molar-refractivity contribution < 1.29 is 9.63 Å². The van der Waals surface area contributed by atoms with E-state index in [0.717, 1.165) is 11.3 Å². The van der Waals surface area contributed by atoms with Gasteiger partial charge in [0, 0.05) is 23.2 Å². The average molecular weight is 364 g/mol. The van der Waals surface area contributed by atoms with Crippen LogP contribution in [0.15, 0.2) is 53.7 Å². The maximum Gasteiger partial charge on any atom is 0.228 e. The molecule has 2 aromatic rings. The van der Waals surface area contributed by atoms with Gasteiger partial charge in [-0.3, -0.25) is 15.6 Å². The summed E-state index contributed by atoms with van der Waals surface area (Å²) in [6.07, 6.45) is 0.368. The Morgan fingerprint density at radius 1 is 1.04 bits per heavy atom. The van der Waals surface area contributed by atoms with E-state index in [1.165, 1.54) is 0 Å². The molecule has 1 amide bonds. The molecule has 0 radical (unpaired) electrons. The largest absolute Gasteiger partial charge is 0.391 e. The van der Waals surface area contributed by atoms with Crippen molar-refractivity contribution in [3.05, 3.63) is 65.2 Å². The Morgan fingerprint density at radius 3 is 2.15 bits per heavy atom.